The molecule has 1 heterocycles. The lowest BCUT2D eigenvalue weighted by Crippen LogP contribution is -1.95. The van der Waals surface area contributed by atoms with Gasteiger partial charge in [0.05, 0.1) is 11.1 Å². The zero-order chi connectivity index (χ0) is 9.59. The summed E-state index contributed by atoms with van der Waals surface area (Å²) in [4.78, 5) is 11.0. The lowest BCUT2D eigenvalue weighted by molar-refractivity contribution is 0.0529. The molecule has 0 aliphatic carbocycles. The Morgan fingerprint density at radius 3 is 2.77 bits per heavy atom. The first-order valence-corrected chi connectivity index (χ1v) is 4.35. The molecule has 1 atom stereocenters. The molecule has 13 heavy (non-hydrogen) atoms. The second-order valence-electron chi connectivity index (χ2n) is 2.57. The fourth-order valence-electron chi connectivity index (χ4n) is 1.20. The van der Waals surface area contributed by atoms with E-state index in [2.05, 4.69) is 20.7 Å². The van der Waals surface area contributed by atoms with Crippen LogP contribution in [0, 0.1) is 11.6 Å². The molecule has 0 aromatic heterocycles. The van der Waals surface area contributed by atoms with E-state index in [-0.39, 0.29) is 11.1 Å². The van der Waals surface area contributed by atoms with Crippen molar-refractivity contribution in [1.82, 2.24) is 0 Å². The summed E-state index contributed by atoms with van der Waals surface area (Å²) in [7, 11) is 0. The number of benzene rings is 1. The van der Waals surface area contributed by atoms with Crippen LogP contribution in [-0.4, -0.2) is 5.97 Å². The van der Waals surface area contributed by atoms with Gasteiger partial charge in [0.25, 0.3) is 0 Å². The van der Waals surface area contributed by atoms with Crippen LogP contribution in [-0.2, 0) is 4.74 Å². The Kier molecular flexibility index (Phi) is 1.83. The minimum Gasteiger partial charge on any atom is -0.442 e. The van der Waals surface area contributed by atoms with Crippen LogP contribution in [0.1, 0.15) is 20.9 Å². The van der Waals surface area contributed by atoms with E-state index in [0.29, 0.717) is 0 Å². The normalized spacial score (nSPS) is 19.9. The molecular formula is C8H3BrF2O2. The summed E-state index contributed by atoms with van der Waals surface area (Å²) in [5.41, 5.74) is 0.00535. The smallest absolute Gasteiger partial charge is 0.340 e. The van der Waals surface area contributed by atoms with Gasteiger partial charge in [-0.05, 0) is 22.0 Å². The molecule has 0 bridgehead atoms. The van der Waals surface area contributed by atoms with E-state index in [0.717, 1.165) is 12.1 Å². The molecule has 1 aromatic carbocycles. The Morgan fingerprint density at radius 2 is 2.08 bits per heavy atom. The fourth-order valence-corrected chi connectivity index (χ4v) is 1.84. The number of cyclic esters (lactones) is 1. The predicted octanol–water partition coefficient (Wildman–Crippen LogP) is 2.53. The highest BCUT2D eigenvalue weighted by Crippen LogP contribution is 2.37. The number of ether oxygens (including phenoxy) is 1. The van der Waals surface area contributed by atoms with Crippen molar-refractivity contribution in [3.05, 3.63) is 34.9 Å². The highest BCUT2D eigenvalue weighted by Gasteiger charge is 2.32. The van der Waals surface area contributed by atoms with Crippen molar-refractivity contribution in [2.24, 2.45) is 0 Å². The lowest BCUT2D eigenvalue weighted by atomic mass is 10.1. The maximum absolute atomic E-state index is 13.1. The highest BCUT2D eigenvalue weighted by molar-refractivity contribution is 9.09. The highest BCUT2D eigenvalue weighted by atomic mass is 79.9. The summed E-state index contributed by atoms with van der Waals surface area (Å²) in [5.74, 6) is -2.27. The topological polar surface area (TPSA) is 26.3 Å². The zero-order valence-corrected chi connectivity index (χ0v) is 7.77. The molecule has 0 amide bonds. The number of halogens is 3. The van der Waals surface area contributed by atoms with E-state index < -0.39 is 22.6 Å². The second kappa shape index (κ2) is 2.77. The van der Waals surface area contributed by atoms with Crippen molar-refractivity contribution in [2.45, 2.75) is 5.01 Å². The van der Waals surface area contributed by atoms with Gasteiger partial charge in [-0.15, -0.1) is 0 Å². The molecule has 1 aliphatic heterocycles. The number of esters is 1. The minimum absolute atomic E-state index is 0.0561. The van der Waals surface area contributed by atoms with Crippen LogP contribution in [0.3, 0.4) is 0 Å². The Balaban J connectivity index is 2.69. The third-order valence-corrected chi connectivity index (χ3v) is 2.40. The number of alkyl halides is 1. The maximum atomic E-state index is 13.1. The van der Waals surface area contributed by atoms with Crippen molar-refractivity contribution in [2.75, 3.05) is 0 Å². The molecule has 0 spiro atoms. The Morgan fingerprint density at radius 1 is 1.38 bits per heavy atom. The molecule has 2 nitrogen and oxygen atoms in total. The summed E-state index contributed by atoms with van der Waals surface area (Å²) in [6, 6.07) is 1.68. The summed E-state index contributed by atoms with van der Waals surface area (Å²) in [6.07, 6.45) is 0. The van der Waals surface area contributed by atoms with Gasteiger partial charge in [-0.1, -0.05) is 0 Å². The average Bonchev–Trinajstić information content (AvgIpc) is 2.27. The zero-order valence-electron chi connectivity index (χ0n) is 6.18. The first-order chi connectivity index (χ1) is 6.09. The van der Waals surface area contributed by atoms with E-state index in [1.807, 2.05) is 0 Å². The molecule has 68 valence electrons. The van der Waals surface area contributed by atoms with Crippen LogP contribution in [0.2, 0.25) is 0 Å². The molecule has 0 radical (unpaired) electrons. The SMILES string of the molecule is O=C1O[C@H](Br)c2c(F)cc(F)cc21. The van der Waals surface area contributed by atoms with E-state index >= 15 is 0 Å². The van der Waals surface area contributed by atoms with Gasteiger partial charge in [0.1, 0.15) is 11.6 Å². The maximum Gasteiger partial charge on any atom is 0.340 e. The quantitative estimate of drug-likeness (QED) is 0.521. The summed E-state index contributed by atoms with van der Waals surface area (Å²) in [6.45, 7) is 0. The van der Waals surface area contributed by atoms with Gasteiger partial charge in [0.15, 0.2) is 5.01 Å². The summed E-state index contributed by atoms with van der Waals surface area (Å²) >= 11 is 2.95. The van der Waals surface area contributed by atoms with Crippen LogP contribution in [0.15, 0.2) is 12.1 Å². The summed E-state index contributed by atoms with van der Waals surface area (Å²) < 4.78 is 30.4. The van der Waals surface area contributed by atoms with Gasteiger partial charge in [-0.2, -0.15) is 0 Å². The van der Waals surface area contributed by atoms with Gasteiger partial charge in [0, 0.05) is 6.07 Å². The third-order valence-electron chi connectivity index (χ3n) is 1.75. The monoisotopic (exact) mass is 248 g/mol. The molecule has 1 aromatic rings. The van der Waals surface area contributed by atoms with Crippen molar-refractivity contribution < 1.29 is 18.3 Å². The van der Waals surface area contributed by atoms with Gasteiger partial charge in [0.2, 0.25) is 0 Å². The molecule has 2 rings (SSSR count). The first-order valence-electron chi connectivity index (χ1n) is 3.43. The summed E-state index contributed by atoms with van der Waals surface area (Å²) in [5, 5.41) is -0.810. The molecule has 0 saturated carbocycles. The second-order valence-corrected chi connectivity index (χ2v) is 3.40. The van der Waals surface area contributed by atoms with Crippen LogP contribution < -0.4 is 0 Å². The molecule has 0 N–H and O–H groups in total. The van der Waals surface area contributed by atoms with E-state index in [1.165, 1.54) is 0 Å². The first kappa shape index (κ1) is 8.62. The predicted molar refractivity (Wildman–Crippen MR) is 43.4 cm³/mol. The molecule has 5 heteroatoms. The van der Waals surface area contributed by atoms with Crippen molar-refractivity contribution in [3.8, 4) is 0 Å². The van der Waals surface area contributed by atoms with Crippen molar-refractivity contribution >= 4 is 21.9 Å². The van der Waals surface area contributed by atoms with Crippen molar-refractivity contribution in [3.63, 3.8) is 0 Å². The van der Waals surface area contributed by atoms with E-state index in [4.69, 9.17) is 0 Å². The molecular weight excluding hydrogens is 246 g/mol. The molecule has 0 saturated heterocycles. The van der Waals surface area contributed by atoms with Crippen LogP contribution in [0.4, 0.5) is 8.78 Å². The fraction of sp³-hybridized carbons (Fsp3) is 0.125. The molecule has 1 aliphatic rings. The largest absolute Gasteiger partial charge is 0.442 e. The van der Waals surface area contributed by atoms with Crippen LogP contribution in [0.5, 0.6) is 0 Å². The standard InChI is InChI=1S/C8H3BrF2O2/c9-7-6-4(8(12)13-7)1-3(10)2-5(6)11/h1-2,7H/t7-/m0/s1. The van der Waals surface area contributed by atoms with E-state index in [1.54, 1.807) is 0 Å². The van der Waals surface area contributed by atoms with Crippen molar-refractivity contribution in [1.29, 1.82) is 0 Å². The van der Waals surface area contributed by atoms with Gasteiger partial charge in [-0.25, -0.2) is 13.6 Å². The Labute approximate surface area is 80.6 Å². The third kappa shape index (κ3) is 1.23. The minimum atomic E-state index is -0.810. The number of rotatable bonds is 0. The number of carbonyl (C=O) groups is 1. The molecule has 0 unspecified atom stereocenters. The number of fused-ring (bicyclic) bond motifs is 1. The van der Waals surface area contributed by atoms with Crippen LogP contribution >= 0.6 is 15.9 Å². The van der Waals surface area contributed by atoms with Gasteiger partial charge < -0.3 is 4.74 Å². The Bertz CT molecular complexity index is 392. The van der Waals surface area contributed by atoms with Gasteiger partial charge >= 0.3 is 5.97 Å². The van der Waals surface area contributed by atoms with Gasteiger partial charge in [-0.3, -0.25) is 0 Å². The number of hydrogen-bond donors (Lipinski definition) is 0. The number of hydrogen-bond acceptors (Lipinski definition) is 2. The van der Waals surface area contributed by atoms with Crippen LogP contribution in [0.25, 0.3) is 0 Å². The van der Waals surface area contributed by atoms with E-state index in [9.17, 15) is 13.6 Å². The number of carbonyl (C=O) groups excluding carboxylic acids is 1. The lowest BCUT2D eigenvalue weighted by Gasteiger charge is -2.00. The Hall–Kier alpha value is -0.970. The average molecular weight is 249 g/mol. The molecule has 0 fully saturated rings.